The van der Waals surface area contributed by atoms with E-state index in [0.717, 1.165) is 0 Å². The summed E-state index contributed by atoms with van der Waals surface area (Å²) in [4.78, 5) is 11.5. The van der Waals surface area contributed by atoms with Crippen LogP contribution in [0.4, 0.5) is 0 Å². The normalized spacial score (nSPS) is 18.1. The monoisotopic (exact) mass is 187 g/mol. The summed E-state index contributed by atoms with van der Waals surface area (Å²) >= 11 is 0. The quantitative estimate of drug-likeness (QED) is 0.681. The van der Waals surface area contributed by atoms with Crippen LogP contribution in [0.5, 0.6) is 0 Å². The Labute approximate surface area is 80.6 Å². The van der Waals surface area contributed by atoms with Crippen molar-refractivity contribution in [3.63, 3.8) is 0 Å². The Kier molecular flexibility index (Phi) is 4.40. The van der Waals surface area contributed by atoms with Crippen LogP contribution in [-0.2, 0) is 9.53 Å². The van der Waals surface area contributed by atoms with Gasteiger partial charge in [0.2, 0.25) is 0 Å². The molecule has 0 aromatic heterocycles. The summed E-state index contributed by atoms with van der Waals surface area (Å²) in [6.07, 6.45) is 0.526. The van der Waals surface area contributed by atoms with Crippen molar-refractivity contribution in [1.82, 2.24) is 0 Å². The van der Waals surface area contributed by atoms with E-state index in [0.29, 0.717) is 12.3 Å². The molecule has 0 amide bonds. The van der Waals surface area contributed by atoms with Crippen LogP contribution in [0, 0.1) is 5.92 Å². The highest BCUT2D eigenvalue weighted by Crippen LogP contribution is 2.12. The van der Waals surface area contributed by atoms with E-state index in [2.05, 4.69) is 0 Å². The van der Waals surface area contributed by atoms with Gasteiger partial charge in [0.05, 0.1) is 0 Å². The van der Waals surface area contributed by atoms with Crippen LogP contribution in [0.3, 0.4) is 0 Å². The van der Waals surface area contributed by atoms with Crippen LogP contribution in [0.15, 0.2) is 0 Å². The summed E-state index contributed by atoms with van der Waals surface area (Å²) in [7, 11) is 0. The van der Waals surface area contributed by atoms with E-state index in [4.69, 9.17) is 10.5 Å². The van der Waals surface area contributed by atoms with Gasteiger partial charge in [-0.25, -0.2) is 0 Å². The van der Waals surface area contributed by atoms with Crippen molar-refractivity contribution < 1.29 is 9.53 Å². The highest BCUT2D eigenvalue weighted by molar-refractivity contribution is 5.80. The molecule has 0 aliphatic carbocycles. The maximum absolute atomic E-state index is 11.5. The van der Waals surface area contributed by atoms with E-state index in [9.17, 15) is 4.79 Å². The molecule has 0 bridgehead atoms. The number of carbonyl (C=O) groups excluding carboxylic acids is 1. The van der Waals surface area contributed by atoms with Crippen LogP contribution in [0.1, 0.15) is 41.0 Å². The Morgan fingerprint density at radius 1 is 1.46 bits per heavy atom. The molecule has 0 aromatic carbocycles. The Morgan fingerprint density at radius 3 is 2.23 bits per heavy atom. The highest BCUT2D eigenvalue weighted by atomic mass is 16.5. The standard InChI is InChI=1S/C10H21NO2/c1-6-10(5,11)9(12)13-8(4)7(2)3/h7-8H,6,11H2,1-5H3. The van der Waals surface area contributed by atoms with E-state index >= 15 is 0 Å². The molecule has 0 saturated carbocycles. The Bertz CT molecular complexity index is 176. The molecule has 0 rings (SSSR count). The van der Waals surface area contributed by atoms with E-state index < -0.39 is 5.54 Å². The minimum Gasteiger partial charge on any atom is -0.461 e. The number of carbonyl (C=O) groups is 1. The van der Waals surface area contributed by atoms with Gasteiger partial charge in [0, 0.05) is 0 Å². The minimum atomic E-state index is -0.844. The summed E-state index contributed by atoms with van der Waals surface area (Å²) in [5, 5.41) is 0. The molecule has 0 heterocycles. The summed E-state index contributed by atoms with van der Waals surface area (Å²) < 4.78 is 5.20. The first kappa shape index (κ1) is 12.4. The molecule has 0 fully saturated rings. The zero-order valence-electron chi connectivity index (χ0n) is 9.26. The van der Waals surface area contributed by atoms with Gasteiger partial charge in [0.25, 0.3) is 0 Å². The number of rotatable bonds is 4. The molecular formula is C10H21NO2. The van der Waals surface area contributed by atoms with Crippen LogP contribution in [-0.4, -0.2) is 17.6 Å². The molecule has 0 radical (unpaired) electrons. The van der Waals surface area contributed by atoms with E-state index in [-0.39, 0.29) is 12.1 Å². The molecule has 2 unspecified atom stereocenters. The molecular weight excluding hydrogens is 166 g/mol. The van der Waals surface area contributed by atoms with Crippen molar-refractivity contribution in [2.75, 3.05) is 0 Å². The molecule has 2 atom stereocenters. The van der Waals surface area contributed by atoms with Crippen molar-refractivity contribution in [3.05, 3.63) is 0 Å². The molecule has 0 aromatic rings. The van der Waals surface area contributed by atoms with E-state index in [1.807, 2.05) is 27.7 Å². The Balaban J connectivity index is 4.15. The van der Waals surface area contributed by atoms with Gasteiger partial charge in [-0.1, -0.05) is 20.8 Å². The maximum atomic E-state index is 11.5. The first-order chi connectivity index (χ1) is 5.81. The largest absolute Gasteiger partial charge is 0.461 e. The zero-order valence-corrected chi connectivity index (χ0v) is 9.26. The molecule has 0 spiro atoms. The summed E-state index contributed by atoms with van der Waals surface area (Å²) in [6, 6.07) is 0. The second-order valence-electron chi connectivity index (χ2n) is 4.13. The fourth-order valence-electron chi connectivity index (χ4n) is 0.584. The second-order valence-corrected chi connectivity index (χ2v) is 4.13. The van der Waals surface area contributed by atoms with Gasteiger partial charge in [-0.2, -0.15) is 0 Å². The lowest BCUT2D eigenvalue weighted by Crippen LogP contribution is -2.46. The molecule has 2 N–H and O–H groups in total. The summed E-state index contributed by atoms with van der Waals surface area (Å²) in [5.41, 5.74) is 4.89. The number of esters is 1. The van der Waals surface area contributed by atoms with Gasteiger partial charge >= 0.3 is 5.97 Å². The van der Waals surface area contributed by atoms with Gasteiger partial charge < -0.3 is 10.5 Å². The lowest BCUT2D eigenvalue weighted by Gasteiger charge is -2.25. The minimum absolute atomic E-state index is 0.0677. The predicted octanol–water partition coefficient (Wildman–Crippen LogP) is 1.70. The first-order valence-electron chi connectivity index (χ1n) is 4.81. The van der Waals surface area contributed by atoms with Crippen LogP contribution in [0.2, 0.25) is 0 Å². The fourth-order valence-corrected chi connectivity index (χ4v) is 0.584. The van der Waals surface area contributed by atoms with Crippen LogP contribution < -0.4 is 5.73 Å². The van der Waals surface area contributed by atoms with E-state index in [1.54, 1.807) is 6.92 Å². The number of nitrogens with two attached hydrogens (primary N) is 1. The van der Waals surface area contributed by atoms with Gasteiger partial charge in [-0.15, -0.1) is 0 Å². The first-order valence-corrected chi connectivity index (χ1v) is 4.81. The summed E-state index contributed by atoms with van der Waals surface area (Å²) in [5.74, 6) is 0.0211. The van der Waals surface area contributed by atoms with E-state index in [1.165, 1.54) is 0 Å². The average Bonchev–Trinajstić information content (AvgIpc) is 2.04. The van der Waals surface area contributed by atoms with Crippen molar-refractivity contribution in [2.24, 2.45) is 11.7 Å². The smallest absolute Gasteiger partial charge is 0.326 e. The maximum Gasteiger partial charge on any atom is 0.326 e. The van der Waals surface area contributed by atoms with Gasteiger partial charge in [-0.3, -0.25) is 4.79 Å². The molecule has 0 aliphatic heterocycles. The van der Waals surface area contributed by atoms with Crippen LogP contribution in [0.25, 0.3) is 0 Å². The third-order valence-electron chi connectivity index (χ3n) is 2.43. The van der Waals surface area contributed by atoms with Gasteiger partial charge in [-0.05, 0) is 26.2 Å². The van der Waals surface area contributed by atoms with Crippen molar-refractivity contribution in [2.45, 2.75) is 52.7 Å². The Hall–Kier alpha value is -0.570. The van der Waals surface area contributed by atoms with Crippen molar-refractivity contribution >= 4 is 5.97 Å². The number of hydrogen-bond acceptors (Lipinski definition) is 3. The molecule has 3 heteroatoms. The topological polar surface area (TPSA) is 52.3 Å². The van der Waals surface area contributed by atoms with Crippen molar-refractivity contribution in [3.8, 4) is 0 Å². The second kappa shape index (κ2) is 4.61. The molecule has 0 saturated heterocycles. The molecule has 78 valence electrons. The van der Waals surface area contributed by atoms with Gasteiger partial charge in [0.1, 0.15) is 11.6 Å². The number of hydrogen-bond donors (Lipinski definition) is 1. The zero-order chi connectivity index (χ0) is 10.6. The molecule has 3 nitrogen and oxygen atoms in total. The van der Waals surface area contributed by atoms with Gasteiger partial charge in [0.15, 0.2) is 0 Å². The lowest BCUT2D eigenvalue weighted by atomic mass is 10.0. The molecule has 13 heavy (non-hydrogen) atoms. The van der Waals surface area contributed by atoms with Crippen LogP contribution >= 0.6 is 0 Å². The lowest BCUT2D eigenvalue weighted by molar-refractivity contribution is -0.156. The van der Waals surface area contributed by atoms with Crippen molar-refractivity contribution in [1.29, 1.82) is 0 Å². The fraction of sp³-hybridized carbons (Fsp3) is 0.900. The third kappa shape index (κ3) is 3.77. The highest BCUT2D eigenvalue weighted by Gasteiger charge is 2.29. The third-order valence-corrected chi connectivity index (χ3v) is 2.43. The summed E-state index contributed by atoms with van der Waals surface area (Å²) in [6.45, 7) is 9.48. The Morgan fingerprint density at radius 2 is 1.92 bits per heavy atom. The SMILES string of the molecule is CCC(C)(N)C(=O)OC(C)C(C)C. The average molecular weight is 187 g/mol. The predicted molar refractivity (Wildman–Crippen MR) is 53.3 cm³/mol. The molecule has 0 aliphatic rings. The number of ether oxygens (including phenoxy) is 1.